The first kappa shape index (κ1) is 35.2. The molecule has 0 bridgehead atoms. The summed E-state index contributed by atoms with van der Waals surface area (Å²) in [4.78, 5) is 40.7. The zero-order valence-electron chi connectivity index (χ0n) is 26.1. The molecule has 1 unspecified atom stereocenters. The highest BCUT2D eigenvalue weighted by Crippen LogP contribution is 2.39. The number of carbonyl (C=O) groups excluding carboxylic acids is 3. The molecule has 0 saturated carbocycles. The second-order valence-electron chi connectivity index (χ2n) is 9.92. The van der Waals surface area contributed by atoms with E-state index in [0.29, 0.717) is 51.2 Å². The summed E-state index contributed by atoms with van der Waals surface area (Å²) in [6.45, 7) is 1.90. The number of benzene rings is 4. The first-order valence-electron chi connectivity index (χ1n) is 14.4. The summed E-state index contributed by atoms with van der Waals surface area (Å²) in [6, 6.07) is 24.0. The van der Waals surface area contributed by atoms with E-state index in [-0.39, 0.29) is 16.6 Å². The van der Waals surface area contributed by atoms with Crippen molar-refractivity contribution < 1.29 is 28.6 Å². The molecule has 4 rings (SSSR count). The fraction of sp³-hybridized carbons (Fsp3) is 0.171. The molecule has 12 heteroatoms. The maximum atomic E-state index is 13.7. The number of halogens is 2. The minimum absolute atomic E-state index is 0.0320. The van der Waals surface area contributed by atoms with Crippen molar-refractivity contribution in [2.45, 2.75) is 23.5 Å². The van der Waals surface area contributed by atoms with Crippen LogP contribution in [-0.2, 0) is 9.59 Å². The Morgan fingerprint density at radius 1 is 0.830 bits per heavy atom. The van der Waals surface area contributed by atoms with Gasteiger partial charge in [-0.05, 0) is 72.7 Å². The quantitative estimate of drug-likeness (QED) is 0.0962. The third kappa shape index (κ3) is 9.22. The third-order valence-electron chi connectivity index (χ3n) is 6.77. The van der Waals surface area contributed by atoms with Crippen molar-refractivity contribution in [3.8, 4) is 17.2 Å². The van der Waals surface area contributed by atoms with Gasteiger partial charge in [0.25, 0.3) is 11.8 Å². The topological polar surface area (TPSA) is 115 Å². The summed E-state index contributed by atoms with van der Waals surface area (Å²) in [5.41, 5.74) is 1.73. The van der Waals surface area contributed by atoms with Gasteiger partial charge in [-0.1, -0.05) is 60.5 Å². The van der Waals surface area contributed by atoms with Crippen LogP contribution in [0.15, 0.2) is 95.5 Å². The van der Waals surface area contributed by atoms with E-state index in [4.69, 9.17) is 37.4 Å². The summed E-state index contributed by atoms with van der Waals surface area (Å²) in [5, 5.41) is 8.57. The molecule has 0 spiro atoms. The number of methoxy groups -OCH3 is 3. The zero-order chi connectivity index (χ0) is 33.9. The molecule has 3 amide bonds. The molecule has 4 aromatic rings. The van der Waals surface area contributed by atoms with Crippen molar-refractivity contribution in [1.29, 1.82) is 0 Å². The molecule has 0 aliphatic heterocycles. The van der Waals surface area contributed by atoms with Crippen LogP contribution >= 0.6 is 35.0 Å². The van der Waals surface area contributed by atoms with Gasteiger partial charge in [-0.2, -0.15) is 0 Å². The number of anilines is 2. The van der Waals surface area contributed by atoms with Gasteiger partial charge in [0.15, 0.2) is 11.5 Å². The maximum Gasteiger partial charge on any atom is 0.272 e. The molecule has 1 atom stereocenters. The van der Waals surface area contributed by atoms with Crippen molar-refractivity contribution in [3.63, 3.8) is 0 Å². The molecule has 0 radical (unpaired) electrons. The van der Waals surface area contributed by atoms with E-state index in [1.165, 1.54) is 39.2 Å². The van der Waals surface area contributed by atoms with Crippen LogP contribution in [-0.4, -0.2) is 44.3 Å². The van der Waals surface area contributed by atoms with E-state index in [9.17, 15) is 14.4 Å². The number of thioether (sulfide) groups is 1. The van der Waals surface area contributed by atoms with Crippen LogP contribution in [0, 0.1) is 0 Å². The molecule has 9 nitrogen and oxygen atoms in total. The first-order valence-corrected chi connectivity index (χ1v) is 16.0. The lowest BCUT2D eigenvalue weighted by molar-refractivity contribution is -0.116. The molecule has 4 aromatic carbocycles. The zero-order valence-corrected chi connectivity index (χ0v) is 28.4. The van der Waals surface area contributed by atoms with Gasteiger partial charge in [-0.25, -0.2) is 0 Å². The van der Waals surface area contributed by atoms with Crippen LogP contribution in [0.1, 0.15) is 29.3 Å². The predicted octanol–water partition coefficient (Wildman–Crippen LogP) is 7.94. The van der Waals surface area contributed by atoms with Gasteiger partial charge < -0.3 is 30.2 Å². The smallest absolute Gasteiger partial charge is 0.272 e. The predicted molar refractivity (Wildman–Crippen MR) is 188 cm³/mol. The number of hydrogen-bond donors (Lipinski definition) is 3. The lowest BCUT2D eigenvalue weighted by atomic mass is 10.1. The van der Waals surface area contributed by atoms with Gasteiger partial charge in [-0.15, -0.1) is 11.8 Å². The van der Waals surface area contributed by atoms with Crippen LogP contribution in [0.4, 0.5) is 11.4 Å². The van der Waals surface area contributed by atoms with Crippen molar-refractivity contribution in [1.82, 2.24) is 5.32 Å². The molecule has 244 valence electrons. The molecule has 0 heterocycles. The minimum Gasteiger partial charge on any atom is -0.493 e. The van der Waals surface area contributed by atoms with Crippen molar-refractivity contribution in [2.75, 3.05) is 32.0 Å². The highest BCUT2D eigenvalue weighted by molar-refractivity contribution is 8.00. The Morgan fingerprint density at radius 3 is 2.15 bits per heavy atom. The highest BCUT2D eigenvalue weighted by atomic mass is 35.5. The number of amides is 3. The van der Waals surface area contributed by atoms with E-state index >= 15 is 0 Å². The summed E-state index contributed by atoms with van der Waals surface area (Å²) in [5.74, 6) is -0.148. The molecule has 0 aliphatic carbocycles. The molecule has 3 N–H and O–H groups in total. The van der Waals surface area contributed by atoms with Crippen LogP contribution in [0.25, 0.3) is 6.08 Å². The molecule has 47 heavy (non-hydrogen) atoms. The number of carbonyl (C=O) groups is 3. The largest absolute Gasteiger partial charge is 0.493 e. The van der Waals surface area contributed by atoms with Gasteiger partial charge in [0, 0.05) is 16.1 Å². The second kappa shape index (κ2) is 16.8. The normalized spacial score (nSPS) is 11.7. The monoisotopic (exact) mass is 693 g/mol. The van der Waals surface area contributed by atoms with E-state index < -0.39 is 17.1 Å². The van der Waals surface area contributed by atoms with Crippen LogP contribution < -0.4 is 30.2 Å². The fourth-order valence-corrected chi connectivity index (χ4v) is 5.80. The fourth-order valence-electron chi connectivity index (χ4n) is 4.44. The van der Waals surface area contributed by atoms with Crippen LogP contribution in [0.5, 0.6) is 17.2 Å². The molecule has 0 saturated heterocycles. The number of rotatable bonds is 13. The summed E-state index contributed by atoms with van der Waals surface area (Å²) < 4.78 is 16.3. The standard InChI is InChI=1S/C35H33Cl2N3O6S/c1-5-30(35(43)39-26-16-10-15-25(36)31(26)37)47-24-14-9-13-23(20-24)38-34(42)27(40-33(41)22-11-7-6-8-12-22)17-21-18-28(44-2)32(46-4)29(19-21)45-3/h6-20,30H,5H2,1-4H3,(H,38,42)(H,39,43)(H,40,41)/b27-17+. The van der Waals surface area contributed by atoms with Gasteiger partial charge in [0.2, 0.25) is 11.7 Å². The van der Waals surface area contributed by atoms with Crippen LogP contribution in [0.2, 0.25) is 10.0 Å². The average molecular weight is 695 g/mol. The Labute approximate surface area is 287 Å². The summed E-state index contributed by atoms with van der Waals surface area (Å²) >= 11 is 13.7. The van der Waals surface area contributed by atoms with Gasteiger partial charge in [0.1, 0.15) is 5.70 Å². The van der Waals surface area contributed by atoms with Crippen molar-refractivity contribution >= 4 is 70.1 Å². The van der Waals surface area contributed by atoms with Crippen molar-refractivity contribution in [2.24, 2.45) is 0 Å². The second-order valence-corrected chi connectivity index (χ2v) is 12.0. The lowest BCUT2D eigenvalue weighted by Crippen LogP contribution is -2.30. The van der Waals surface area contributed by atoms with Crippen LogP contribution in [0.3, 0.4) is 0 Å². The molecular weight excluding hydrogens is 661 g/mol. The number of ether oxygens (including phenoxy) is 3. The molecule has 0 fully saturated rings. The van der Waals surface area contributed by atoms with Gasteiger partial charge >= 0.3 is 0 Å². The highest BCUT2D eigenvalue weighted by Gasteiger charge is 2.21. The van der Waals surface area contributed by atoms with Gasteiger partial charge in [0.05, 0.1) is 42.3 Å². The maximum absolute atomic E-state index is 13.7. The Hall–Kier alpha value is -4.64. The van der Waals surface area contributed by atoms with E-state index in [1.54, 1.807) is 78.9 Å². The molecular formula is C35H33Cl2N3O6S. The Bertz CT molecular complexity index is 1760. The summed E-state index contributed by atoms with van der Waals surface area (Å²) in [7, 11) is 4.46. The number of hydrogen-bond acceptors (Lipinski definition) is 7. The SMILES string of the molecule is CCC(Sc1cccc(NC(=O)/C(=C\c2cc(OC)c(OC)c(OC)c2)NC(=O)c2ccccc2)c1)C(=O)Nc1cccc(Cl)c1Cl. The molecule has 0 aliphatic rings. The van der Waals surface area contributed by atoms with E-state index in [2.05, 4.69) is 16.0 Å². The number of nitrogens with one attached hydrogen (secondary N) is 3. The Balaban J connectivity index is 1.59. The Kier molecular flexibility index (Phi) is 12.6. The molecule has 0 aromatic heterocycles. The van der Waals surface area contributed by atoms with Gasteiger partial charge in [-0.3, -0.25) is 14.4 Å². The first-order chi connectivity index (χ1) is 22.7. The van der Waals surface area contributed by atoms with E-state index in [0.717, 1.165) is 4.90 Å². The summed E-state index contributed by atoms with van der Waals surface area (Å²) in [6.07, 6.45) is 2.04. The van der Waals surface area contributed by atoms with E-state index in [1.807, 2.05) is 13.0 Å². The average Bonchev–Trinajstić information content (AvgIpc) is 3.08. The van der Waals surface area contributed by atoms with Crippen molar-refractivity contribution in [3.05, 3.63) is 112 Å². The lowest BCUT2D eigenvalue weighted by Gasteiger charge is -2.17. The third-order valence-corrected chi connectivity index (χ3v) is 8.95. The minimum atomic E-state index is -0.578. The Morgan fingerprint density at radius 2 is 1.51 bits per heavy atom.